The number of imide groups is 1. The van der Waals surface area contributed by atoms with E-state index in [-0.39, 0.29) is 93.5 Å². The fraction of sp³-hybridized carbons (Fsp3) is 0.412. The summed E-state index contributed by atoms with van der Waals surface area (Å²) in [5, 5.41) is 28.6. The number of ether oxygens (including phenoxy) is 1. The number of unbranched alkanes of at least 4 members (excludes halogenated alkanes) is 2. The van der Waals surface area contributed by atoms with Gasteiger partial charge in [0.1, 0.15) is 18.5 Å². The number of pyridine rings is 2. The van der Waals surface area contributed by atoms with Crippen LogP contribution in [0.15, 0.2) is 59.4 Å². The monoisotopic (exact) mass is 989 g/mol. The van der Waals surface area contributed by atoms with Gasteiger partial charge in [-0.2, -0.15) is 0 Å². The summed E-state index contributed by atoms with van der Waals surface area (Å²) in [4.78, 5) is 120. The molecule has 5 heterocycles. The number of rotatable bonds is 21. The highest BCUT2D eigenvalue weighted by atomic mass is 19.1. The average molecular weight is 990 g/mol. The molecule has 378 valence electrons. The second-order valence-corrected chi connectivity index (χ2v) is 18.3. The minimum absolute atomic E-state index is 0.0179. The molecule has 0 radical (unpaired) electrons. The molecule has 8 rings (SSSR count). The third-order valence-corrected chi connectivity index (χ3v) is 13.7. The number of amides is 7. The Morgan fingerprint density at radius 1 is 0.861 bits per heavy atom. The van der Waals surface area contributed by atoms with Gasteiger partial charge in [-0.3, -0.25) is 43.3 Å². The Bertz CT molecular complexity index is 2960. The number of fused-ring (bicyclic) bond motifs is 5. The van der Waals surface area contributed by atoms with Gasteiger partial charge in [0.2, 0.25) is 29.5 Å². The first-order chi connectivity index (χ1) is 34.6. The van der Waals surface area contributed by atoms with Gasteiger partial charge in [0.05, 0.1) is 48.6 Å². The summed E-state index contributed by atoms with van der Waals surface area (Å²) in [6, 6.07) is 10.5. The van der Waals surface area contributed by atoms with Crippen LogP contribution in [-0.2, 0) is 74.7 Å². The molecule has 21 heteroatoms. The summed E-state index contributed by atoms with van der Waals surface area (Å²) >= 11 is 0. The number of benzene rings is 2. The summed E-state index contributed by atoms with van der Waals surface area (Å²) in [6.07, 6.45) is 5.30. The van der Waals surface area contributed by atoms with Crippen LogP contribution in [0.3, 0.4) is 0 Å². The Morgan fingerprint density at radius 2 is 1.57 bits per heavy atom. The number of aromatic nitrogens is 2. The largest absolute Gasteiger partial charge is 0.458 e. The third kappa shape index (κ3) is 10.7. The van der Waals surface area contributed by atoms with Gasteiger partial charge < -0.3 is 46.3 Å². The van der Waals surface area contributed by atoms with Crippen LogP contribution in [0.25, 0.3) is 22.3 Å². The molecule has 0 bridgehead atoms. The molecule has 72 heavy (non-hydrogen) atoms. The van der Waals surface area contributed by atoms with E-state index in [1.165, 1.54) is 18.2 Å². The Kier molecular flexibility index (Phi) is 15.3. The van der Waals surface area contributed by atoms with Gasteiger partial charge in [0, 0.05) is 73.2 Å². The van der Waals surface area contributed by atoms with Crippen LogP contribution >= 0.6 is 0 Å². The number of cyclic esters (lactones) is 1. The van der Waals surface area contributed by atoms with Crippen molar-refractivity contribution < 1.29 is 52.6 Å². The minimum Gasteiger partial charge on any atom is -0.458 e. The molecule has 3 aliphatic heterocycles. The highest BCUT2D eigenvalue weighted by Crippen LogP contribution is 2.46. The van der Waals surface area contributed by atoms with Gasteiger partial charge in [-0.25, -0.2) is 14.2 Å². The molecule has 20 nitrogen and oxygen atoms in total. The van der Waals surface area contributed by atoms with Crippen molar-refractivity contribution in [1.29, 1.82) is 0 Å². The first-order valence-electron chi connectivity index (χ1n) is 24.1. The fourth-order valence-electron chi connectivity index (χ4n) is 9.76. The molecule has 0 saturated carbocycles. The molecule has 0 unspecified atom stereocenters. The van der Waals surface area contributed by atoms with Crippen molar-refractivity contribution in [3.63, 3.8) is 0 Å². The number of carbonyl (C=O) groups is 8. The van der Waals surface area contributed by atoms with Crippen LogP contribution in [0.1, 0.15) is 90.4 Å². The van der Waals surface area contributed by atoms with E-state index in [0.717, 1.165) is 32.5 Å². The number of hydrogen-bond acceptors (Lipinski definition) is 13. The van der Waals surface area contributed by atoms with Crippen LogP contribution in [0.2, 0.25) is 0 Å². The van der Waals surface area contributed by atoms with E-state index in [4.69, 9.17) is 9.72 Å². The fourth-order valence-corrected chi connectivity index (χ4v) is 9.76. The maximum atomic E-state index is 15.4. The lowest BCUT2D eigenvalue weighted by Gasteiger charge is -2.31. The number of aliphatic hydroxyl groups is 1. The van der Waals surface area contributed by atoms with Crippen molar-refractivity contribution in [3.8, 4) is 11.4 Å². The first kappa shape index (κ1) is 50.7. The number of esters is 1. The SMILES string of the molecule is CC[C@@]1(O)C(=O)OCc2c1cc1n(c2=O)Cc2c-1nc1cc(F)c(C)c3c1c2[C@@H](NCCNC(=O)CNC(=O)[C@H](Cc1ccccc1)NC(=O)CNC(=O)CNC(=O)CCCCCN1C(=O)C=CC1=O)CC3. The van der Waals surface area contributed by atoms with Crippen molar-refractivity contribution in [3.05, 3.63) is 110 Å². The molecule has 2 aromatic heterocycles. The molecular formula is C51H56FN9O11. The zero-order chi connectivity index (χ0) is 51.3. The molecule has 2 aromatic carbocycles. The molecule has 7 amide bonds. The van der Waals surface area contributed by atoms with E-state index >= 15 is 4.39 Å². The maximum absolute atomic E-state index is 15.4. The molecule has 0 spiro atoms. The zero-order valence-corrected chi connectivity index (χ0v) is 39.9. The van der Waals surface area contributed by atoms with E-state index in [0.29, 0.717) is 54.6 Å². The van der Waals surface area contributed by atoms with Crippen LogP contribution in [-0.4, -0.2) is 112 Å². The summed E-state index contributed by atoms with van der Waals surface area (Å²) in [5.41, 5.74) is 2.83. The lowest BCUT2D eigenvalue weighted by Crippen LogP contribution is -2.52. The number of hydrogen-bond donors (Lipinski definition) is 7. The lowest BCUT2D eigenvalue weighted by atomic mass is 9.81. The second kappa shape index (κ2) is 21.8. The lowest BCUT2D eigenvalue weighted by molar-refractivity contribution is -0.172. The number of halogens is 1. The van der Waals surface area contributed by atoms with Crippen molar-refractivity contribution in [2.45, 2.75) is 96.1 Å². The highest BCUT2D eigenvalue weighted by Gasteiger charge is 2.46. The Morgan fingerprint density at radius 3 is 2.32 bits per heavy atom. The van der Waals surface area contributed by atoms with Crippen molar-refractivity contribution >= 4 is 58.2 Å². The number of aryl methyl sites for hydroxylation is 1. The van der Waals surface area contributed by atoms with Gasteiger partial charge in [-0.05, 0) is 67.3 Å². The summed E-state index contributed by atoms with van der Waals surface area (Å²) < 4.78 is 22.2. The molecule has 0 saturated heterocycles. The van der Waals surface area contributed by atoms with Gasteiger partial charge >= 0.3 is 5.97 Å². The Hall–Kier alpha value is -7.65. The molecular weight excluding hydrogens is 934 g/mol. The summed E-state index contributed by atoms with van der Waals surface area (Å²) in [6.45, 7) is 2.63. The Balaban J connectivity index is 0.829. The van der Waals surface area contributed by atoms with Gasteiger partial charge in [0.25, 0.3) is 17.4 Å². The Labute approximate surface area is 412 Å². The molecule has 1 aliphatic carbocycles. The minimum atomic E-state index is -2.01. The second-order valence-electron chi connectivity index (χ2n) is 18.3. The van der Waals surface area contributed by atoms with Crippen LogP contribution in [0.5, 0.6) is 0 Å². The van der Waals surface area contributed by atoms with Crippen molar-refractivity contribution in [2.75, 3.05) is 39.3 Å². The van der Waals surface area contributed by atoms with Crippen molar-refractivity contribution in [1.82, 2.24) is 46.4 Å². The van der Waals surface area contributed by atoms with E-state index in [1.807, 2.05) is 0 Å². The third-order valence-electron chi connectivity index (χ3n) is 13.7. The summed E-state index contributed by atoms with van der Waals surface area (Å²) in [5.74, 6) is -4.82. The van der Waals surface area contributed by atoms with Gasteiger partial charge in [-0.1, -0.05) is 43.7 Å². The quantitative estimate of drug-likeness (QED) is 0.0305. The molecule has 4 aliphatic rings. The van der Waals surface area contributed by atoms with Gasteiger partial charge in [-0.15, -0.1) is 0 Å². The van der Waals surface area contributed by atoms with Crippen LogP contribution in [0, 0.1) is 12.7 Å². The van der Waals surface area contributed by atoms with Crippen LogP contribution in [0.4, 0.5) is 4.39 Å². The topological polar surface area (TPSA) is 276 Å². The molecule has 3 atom stereocenters. The normalized spacial score (nSPS) is 17.7. The predicted octanol–water partition coefficient (Wildman–Crippen LogP) is 0.782. The maximum Gasteiger partial charge on any atom is 0.343 e. The average Bonchev–Trinajstić information content (AvgIpc) is 3.91. The van der Waals surface area contributed by atoms with E-state index < -0.39 is 65.7 Å². The highest BCUT2D eigenvalue weighted by molar-refractivity contribution is 6.12. The number of nitrogens with zero attached hydrogens (tertiary/aromatic N) is 3. The van der Waals surface area contributed by atoms with E-state index in [9.17, 15) is 48.3 Å². The standard InChI is InChI=1S/C51H56FN9O11/c1-3-51(71)33-21-38-47-31(26-61(38)49(69)32(33)27-72-50(51)70)46-35(14-13-30-28(2)34(52)22-36(59-47)45(30)46)53-17-18-54-40(63)24-57-48(68)37(20-29-10-6-4-7-11-29)58-42(65)25-56-41(64)23-55-39(62)12-8-5-9-19-60-43(66)15-16-44(60)67/h4,6-7,10-11,15-16,21-22,35,37,53,71H,3,5,8-9,12-14,17-20,23-27H2,1-2H3,(H,54,63)(H,55,62)(H,56,64)(H,57,68)(H,58,65)/t35-,37-,51-/m0/s1. The first-order valence-corrected chi connectivity index (χ1v) is 24.1. The number of nitrogens with one attached hydrogen (secondary N) is 6. The van der Waals surface area contributed by atoms with Crippen LogP contribution < -0.4 is 37.5 Å². The zero-order valence-electron chi connectivity index (χ0n) is 39.9. The van der Waals surface area contributed by atoms with Crippen molar-refractivity contribution in [2.24, 2.45) is 0 Å². The smallest absolute Gasteiger partial charge is 0.343 e. The van der Waals surface area contributed by atoms with E-state index in [1.54, 1.807) is 54.8 Å². The number of carbonyl (C=O) groups excluding carboxylic acids is 8. The predicted molar refractivity (Wildman–Crippen MR) is 257 cm³/mol. The molecule has 0 fully saturated rings. The molecule has 4 aromatic rings. The summed E-state index contributed by atoms with van der Waals surface area (Å²) in [7, 11) is 0. The molecule has 7 N–H and O–H groups in total. The van der Waals surface area contributed by atoms with Gasteiger partial charge in [0.15, 0.2) is 5.60 Å². The van der Waals surface area contributed by atoms with E-state index in [2.05, 4.69) is 31.9 Å².